The number of hydrogen-bond donors (Lipinski definition) is 3. The van der Waals surface area contributed by atoms with E-state index in [9.17, 15) is 9.18 Å². The van der Waals surface area contributed by atoms with Crippen LogP contribution in [0.5, 0.6) is 5.75 Å². The van der Waals surface area contributed by atoms with Gasteiger partial charge in [0.2, 0.25) is 0 Å². The van der Waals surface area contributed by atoms with Crippen LogP contribution < -0.4 is 20.9 Å². The van der Waals surface area contributed by atoms with E-state index >= 15 is 0 Å². The van der Waals surface area contributed by atoms with Crippen LogP contribution >= 0.6 is 0 Å². The molecule has 0 aromatic heterocycles. The van der Waals surface area contributed by atoms with Gasteiger partial charge in [-0.3, -0.25) is 5.43 Å². The van der Waals surface area contributed by atoms with Gasteiger partial charge in [0.05, 0.1) is 25.8 Å². The van der Waals surface area contributed by atoms with Gasteiger partial charge in [-0.2, -0.15) is 0 Å². The lowest BCUT2D eigenvalue weighted by Gasteiger charge is -2.20. The molecule has 1 saturated heterocycles. The molecule has 27 heavy (non-hydrogen) atoms. The molecule has 0 amide bonds. The Hall–Kier alpha value is -2.48. The van der Waals surface area contributed by atoms with Gasteiger partial charge >= 0.3 is 5.97 Å². The highest BCUT2D eigenvalue weighted by Gasteiger charge is 2.28. The molecular weight excluding hydrogens is 349 g/mol. The molecule has 0 spiro atoms. The maximum absolute atomic E-state index is 14.0. The summed E-state index contributed by atoms with van der Waals surface area (Å²) in [4.78, 5) is 11.5. The van der Waals surface area contributed by atoms with Crippen molar-refractivity contribution < 1.29 is 18.7 Å². The fraction of sp³-hybridized carbons (Fsp3) is 0.350. The molecule has 1 aliphatic heterocycles. The van der Waals surface area contributed by atoms with Crippen molar-refractivity contribution in [3.8, 4) is 5.75 Å². The van der Waals surface area contributed by atoms with Crippen molar-refractivity contribution in [3.63, 3.8) is 0 Å². The Morgan fingerprint density at radius 1 is 1.22 bits per heavy atom. The van der Waals surface area contributed by atoms with E-state index in [2.05, 4.69) is 16.2 Å². The lowest BCUT2D eigenvalue weighted by atomic mass is 9.94. The van der Waals surface area contributed by atoms with Crippen LogP contribution in [0, 0.1) is 11.7 Å². The smallest absolute Gasteiger partial charge is 0.337 e. The Labute approximate surface area is 158 Å². The number of hydrogen-bond acceptors (Lipinski definition) is 6. The predicted octanol–water partition coefficient (Wildman–Crippen LogP) is 2.18. The van der Waals surface area contributed by atoms with Crippen LogP contribution in [0.3, 0.4) is 0 Å². The van der Waals surface area contributed by atoms with E-state index in [1.165, 1.54) is 20.3 Å². The SMILES string of the molecule is COC(=O)c1ccc(CNCC2CNNC2c2ccc(OC)c(F)c2)cc1. The molecule has 0 aliphatic carbocycles. The standard InChI is InChI=1S/C20H24FN3O3/c1-26-18-8-7-15(9-17(18)21)19-16(12-23-24-19)11-22-10-13-3-5-14(6-4-13)20(25)27-2/h3-9,16,19,22-24H,10-12H2,1-2H3. The Morgan fingerprint density at radius 3 is 2.67 bits per heavy atom. The molecule has 1 aliphatic rings. The highest BCUT2D eigenvalue weighted by molar-refractivity contribution is 5.89. The van der Waals surface area contributed by atoms with Crippen molar-refractivity contribution in [3.05, 3.63) is 65.0 Å². The minimum Gasteiger partial charge on any atom is -0.494 e. The van der Waals surface area contributed by atoms with E-state index < -0.39 is 0 Å². The second-order valence-corrected chi connectivity index (χ2v) is 6.48. The molecule has 2 aromatic rings. The first-order valence-corrected chi connectivity index (χ1v) is 8.82. The molecule has 144 valence electrons. The lowest BCUT2D eigenvalue weighted by molar-refractivity contribution is 0.0600. The van der Waals surface area contributed by atoms with Crippen molar-refractivity contribution >= 4 is 5.97 Å². The summed E-state index contributed by atoms with van der Waals surface area (Å²) in [6.07, 6.45) is 0. The van der Waals surface area contributed by atoms with E-state index in [1.807, 2.05) is 18.2 Å². The van der Waals surface area contributed by atoms with E-state index in [0.29, 0.717) is 12.1 Å². The number of hydrazine groups is 1. The molecule has 3 rings (SSSR count). The molecule has 6 nitrogen and oxygen atoms in total. The molecule has 0 radical (unpaired) electrons. The predicted molar refractivity (Wildman–Crippen MR) is 99.8 cm³/mol. The van der Waals surface area contributed by atoms with E-state index in [-0.39, 0.29) is 29.5 Å². The summed E-state index contributed by atoms with van der Waals surface area (Å²) in [6, 6.07) is 12.4. The summed E-state index contributed by atoms with van der Waals surface area (Å²) in [6.45, 7) is 2.23. The summed E-state index contributed by atoms with van der Waals surface area (Å²) in [5.41, 5.74) is 8.86. The second kappa shape index (κ2) is 8.94. The molecule has 2 atom stereocenters. The van der Waals surface area contributed by atoms with Gasteiger partial charge in [0.15, 0.2) is 11.6 Å². The molecule has 0 bridgehead atoms. The number of ether oxygens (including phenoxy) is 2. The molecule has 2 aromatic carbocycles. The zero-order valence-electron chi connectivity index (χ0n) is 15.4. The first-order valence-electron chi connectivity index (χ1n) is 8.82. The zero-order chi connectivity index (χ0) is 19.2. The van der Waals surface area contributed by atoms with Gasteiger partial charge in [0.1, 0.15) is 0 Å². The third-order valence-electron chi connectivity index (χ3n) is 4.74. The normalized spacial score (nSPS) is 19.1. The first-order chi connectivity index (χ1) is 13.1. The molecule has 3 N–H and O–H groups in total. The van der Waals surface area contributed by atoms with E-state index in [4.69, 9.17) is 9.47 Å². The number of rotatable bonds is 7. The topological polar surface area (TPSA) is 71.6 Å². The number of carbonyl (C=O) groups is 1. The lowest BCUT2D eigenvalue weighted by Crippen LogP contribution is -2.28. The molecule has 1 fully saturated rings. The highest BCUT2D eigenvalue weighted by atomic mass is 19.1. The van der Waals surface area contributed by atoms with Crippen LogP contribution in [0.25, 0.3) is 0 Å². The summed E-state index contributed by atoms with van der Waals surface area (Å²) in [5.74, 6) is -0.185. The monoisotopic (exact) mass is 373 g/mol. The maximum atomic E-state index is 14.0. The fourth-order valence-corrected chi connectivity index (χ4v) is 3.24. The summed E-state index contributed by atoms with van der Waals surface area (Å²) < 4.78 is 23.7. The van der Waals surface area contributed by atoms with Gasteiger partial charge < -0.3 is 14.8 Å². The number of halogens is 1. The van der Waals surface area contributed by atoms with Gasteiger partial charge in [-0.25, -0.2) is 14.6 Å². The van der Waals surface area contributed by atoms with E-state index in [0.717, 1.165) is 24.2 Å². The Bertz CT molecular complexity index is 783. The maximum Gasteiger partial charge on any atom is 0.337 e. The highest BCUT2D eigenvalue weighted by Crippen LogP contribution is 2.28. The minimum absolute atomic E-state index is 0.0135. The molecule has 0 saturated carbocycles. The van der Waals surface area contributed by atoms with Crippen LogP contribution in [0.4, 0.5) is 4.39 Å². The number of benzene rings is 2. The number of methoxy groups -OCH3 is 2. The number of nitrogens with one attached hydrogen (secondary N) is 3. The second-order valence-electron chi connectivity index (χ2n) is 6.48. The average molecular weight is 373 g/mol. The van der Waals surface area contributed by atoms with Crippen LogP contribution in [0.1, 0.15) is 27.5 Å². The summed E-state index contributed by atoms with van der Waals surface area (Å²) >= 11 is 0. The molecule has 1 heterocycles. The number of esters is 1. The van der Waals surface area contributed by atoms with Gasteiger partial charge in [-0.1, -0.05) is 18.2 Å². The third kappa shape index (κ3) is 4.63. The Kier molecular flexibility index (Phi) is 6.39. The fourth-order valence-electron chi connectivity index (χ4n) is 3.24. The van der Waals surface area contributed by atoms with Crippen LogP contribution in [0.15, 0.2) is 42.5 Å². The molecule has 2 unspecified atom stereocenters. The van der Waals surface area contributed by atoms with Crippen molar-refractivity contribution in [1.82, 2.24) is 16.2 Å². The van der Waals surface area contributed by atoms with Crippen molar-refractivity contribution in [2.45, 2.75) is 12.6 Å². The van der Waals surface area contributed by atoms with Crippen LogP contribution in [-0.2, 0) is 11.3 Å². The van der Waals surface area contributed by atoms with Gasteiger partial charge in [-0.15, -0.1) is 0 Å². The molecule has 7 heteroatoms. The van der Waals surface area contributed by atoms with Crippen LogP contribution in [-0.4, -0.2) is 33.3 Å². The first kappa shape index (κ1) is 19.3. The molecular formula is C20H24FN3O3. The Morgan fingerprint density at radius 2 is 2.00 bits per heavy atom. The van der Waals surface area contributed by atoms with Crippen molar-refractivity contribution in [1.29, 1.82) is 0 Å². The summed E-state index contributed by atoms with van der Waals surface area (Å²) in [7, 11) is 2.82. The third-order valence-corrected chi connectivity index (χ3v) is 4.74. The van der Waals surface area contributed by atoms with Gasteiger partial charge in [0.25, 0.3) is 0 Å². The quantitative estimate of drug-likeness (QED) is 0.646. The largest absolute Gasteiger partial charge is 0.494 e. The summed E-state index contributed by atoms with van der Waals surface area (Å²) in [5, 5.41) is 3.43. The Balaban J connectivity index is 1.56. The van der Waals surface area contributed by atoms with Crippen molar-refractivity contribution in [2.75, 3.05) is 27.3 Å². The van der Waals surface area contributed by atoms with Gasteiger partial charge in [-0.05, 0) is 35.4 Å². The van der Waals surface area contributed by atoms with Crippen molar-refractivity contribution in [2.24, 2.45) is 5.92 Å². The van der Waals surface area contributed by atoms with Gasteiger partial charge in [0, 0.05) is 25.6 Å². The average Bonchev–Trinajstić information content (AvgIpc) is 3.16. The van der Waals surface area contributed by atoms with E-state index in [1.54, 1.807) is 18.2 Å². The van der Waals surface area contributed by atoms with Crippen LogP contribution in [0.2, 0.25) is 0 Å². The minimum atomic E-state index is -0.360. The zero-order valence-corrected chi connectivity index (χ0v) is 15.4. The number of carbonyl (C=O) groups excluding carboxylic acids is 1.